The van der Waals surface area contributed by atoms with Crippen molar-refractivity contribution in [3.63, 3.8) is 0 Å². The van der Waals surface area contributed by atoms with E-state index in [2.05, 4.69) is 10.2 Å². The third-order valence-corrected chi connectivity index (χ3v) is 4.01. The standard InChI is InChI=1S/C15H23FN2O/c1-11(17-2)14-8-13(16)5-6-15(14)18-7-3-4-12(9-18)10-19/h5-6,8,11-12,17,19H,3-4,7,9-10H2,1-2H3. The van der Waals surface area contributed by atoms with Gasteiger partial charge in [0.1, 0.15) is 5.82 Å². The summed E-state index contributed by atoms with van der Waals surface area (Å²) < 4.78 is 13.5. The van der Waals surface area contributed by atoms with E-state index in [1.54, 1.807) is 6.07 Å². The predicted molar refractivity (Wildman–Crippen MR) is 75.9 cm³/mol. The summed E-state index contributed by atoms with van der Waals surface area (Å²) in [6.45, 7) is 4.09. The molecule has 1 saturated heterocycles. The Morgan fingerprint density at radius 1 is 1.53 bits per heavy atom. The van der Waals surface area contributed by atoms with Crippen molar-refractivity contribution in [2.24, 2.45) is 5.92 Å². The van der Waals surface area contributed by atoms with Crippen LogP contribution in [0.25, 0.3) is 0 Å². The molecule has 0 radical (unpaired) electrons. The second-order valence-electron chi connectivity index (χ2n) is 5.35. The second-order valence-corrected chi connectivity index (χ2v) is 5.35. The summed E-state index contributed by atoms with van der Waals surface area (Å²) in [4.78, 5) is 2.27. The van der Waals surface area contributed by atoms with Crippen molar-refractivity contribution in [1.82, 2.24) is 5.32 Å². The van der Waals surface area contributed by atoms with Gasteiger partial charge in [0.05, 0.1) is 0 Å². The zero-order valence-electron chi connectivity index (χ0n) is 11.7. The van der Waals surface area contributed by atoms with Crippen LogP contribution >= 0.6 is 0 Å². The van der Waals surface area contributed by atoms with E-state index < -0.39 is 0 Å². The van der Waals surface area contributed by atoms with Crippen LogP contribution in [0, 0.1) is 11.7 Å². The molecule has 1 heterocycles. The van der Waals surface area contributed by atoms with Gasteiger partial charge in [0, 0.05) is 31.4 Å². The third kappa shape index (κ3) is 3.25. The van der Waals surface area contributed by atoms with Gasteiger partial charge in [0.2, 0.25) is 0 Å². The number of nitrogens with zero attached hydrogens (tertiary/aromatic N) is 1. The van der Waals surface area contributed by atoms with E-state index in [9.17, 15) is 9.50 Å². The number of aliphatic hydroxyl groups is 1. The van der Waals surface area contributed by atoms with E-state index in [0.29, 0.717) is 5.92 Å². The first-order valence-corrected chi connectivity index (χ1v) is 6.98. The van der Waals surface area contributed by atoms with Crippen LogP contribution in [-0.2, 0) is 0 Å². The molecule has 106 valence electrons. The summed E-state index contributed by atoms with van der Waals surface area (Å²) in [6.07, 6.45) is 2.15. The van der Waals surface area contributed by atoms with Crippen molar-refractivity contribution < 1.29 is 9.50 Å². The number of aliphatic hydroxyl groups excluding tert-OH is 1. The topological polar surface area (TPSA) is 35.5 Å². The average Bonchev–Trinajstić information content (AvgIpc) is 2.46. The lowest BCUT2D eigenvalue weighted by Gasteiger charge is -2.35. The highest BCUT2D eigenvalue weighted by Crippen LogP contribution is 2.30. The molecule has 1 aromatic carbocycles. The first-order chi connectivity index (χ1) is 9.15. The van der Waals surface area contributed by atoms with Crippen molar-refractivity contribution in [1.29, 1.82) is 0 Å². The number of hydrogen-bond acceptors (Lipinski definition) is 3. The van der Waals surface area contributed by atoms with E-state index in [1.807, 2.05) is 20.0 Å². The Bertz CT molecular complexity index is 425. The molecule has 2 atom stereocenters. The maximum Gasteiger partial charge on any atom is 0.123 e. The highest BCUT2D eigenvalue weighted by atomic mass is 19.1. The number of rotatable bonds is 4. The van der Waals surface area contributed by atoms with Crippen molar-refractivity contribution in [2.75, 3.05) is 31.6 Å². The van der Waals surface area contributed by atoms with Crippen LogP contribution in [0.15, 0.2) is 18.2 Å². The van der Waals surface area contributed by atoms with Gasteiger partial charge in [0.15, 0.2) is 0 Å². The Labute approximate surface area is 114 Å². The van der Waals surface area contributed by atoms with Gasteiger partial charge in [-0.3, -0.25) is 0 Å². The molecule has 0 amide bonds. The lowest BCUT2D eigenvalue weighted by atomic mass is 9.96. The van der Waals surface area contributed by atoms with Crippen molar-refractivity contribution >= 4 is 5.69 Å². The molecule has 0 aromatic heterocycles. The molecular weight excluding hydrogens is 243 g/mol. The first kappa shape index (κ1) is 14.3. The molecule has 2 rings (SSSR count). The summed E-state index contributed by atoms with van der Waals surface area (Å²) in [5.74, 6) is 0.133. The minimum absolute atomic E-state index is 0.111. The molecule has 0 spiro atoms. The molecular formula is C15H23FN2O. The molecule has 1 fully saturated rings. The number of hydrogen-bond donors (Lipinski definition) is 2. The van der Waals surface area contributed by atoms with E-state index in [1.165, 1.54) is 6.07 Å². The summed E-state index contributed by atoms with van der Waals surface area (Å²) in [7, 11) is 1.88. The number of benzene rings is 1. The van der Waals surface area contributed by atoms with Crippen LogP contribution in [0.2, 0.25) is 0 Å². The number of piperidine rings is 1. The SMILES string of the molecule is CNC(C)c1cc(F)ccc1N1CCCC(CO)C1. The van der Waals surface area contributed by atoms with Gasteiger partial charge in [-0.1, -0.05) is 0 Å². The Morgan fingerprint density at radius 2 is 2.32 bits per heavy atom. The number of halogens is 1. The van der Waals surface area contributed by atoms with Crippen LogP contribution in [0.3, 0.4) is 0 Å². The van der Waals surface area contributed by atoms with Gasteiger partial charge >= 0.3 is 0 Å². The maximum atomic E-state index is 13.5. The van der Waals surface area contributed by atoms with E-state index in [4.69, 9.17) is 0 Å². The maximum absolute atomic E-state index is 13.5. The molecule has 4 heteroatoms. The van der Waals surface area contributed by atoms with Crippen LogP contribution in [-0.4, -0.2) is 31.9 Å². The van der Waals surface area contributed by atoms with Gasteiger partial charge < -0.3 is 15.3 Å². The first-order valence-electron chi connectivity index (χ1n) is 6.98. The Hall–Kier alpha value is -1.13. The smallest absolute Gasteiger partial charge is 0.123 e. The number of nitrogens with one attached hydrogen (secondary N) is 1. The fraction of sp³-hybridized carbons (Fsp3) is 0.600. The molecule has 3 nitrogen and oxygen atoms in total. The van der Waals surface area contributed by atoms with Crippen LogP contribution in [0.4, 0.5) is 10.1 Å². The van der Waals surface area contributed by atoms with Gasteiger partial charge in [0.25, 0.3) is 0 Å². The fourth-order valence-electron chi connectivity index (χ4n) is 2.75. The summed E-state index contributed by atoms with van der Waals surface area (Å²) in [5.41, 5.74) is 2.07. The van der Waals surface area contributed by atoms with Crippen molar-refractivity contribution in [2.45, 2.75) is 25.8 Å². The Kier molecular flexibility index (Phi) is 4.77. The van der Waals surface area contributed by atoms with Crippen LogP contribution in [0.1, 0.15) is 31.4 Å². The minimum Gasteiger partial charge on any atom is -0.396 e. The molecule has 1 aromatic rings. The molecule has 0 aliphatic carbocycles. The Balaban J connectivity index is 2.27. The third-order valence-electron chi connectivity index (χ3n) is 4.01. The summed E-state index contributed by atoms with van der Waals surface area (Å²) in [6, 6.07) is 5.10. The lowest BCUT2D eigenvalue weighted by molar-refractivity contribution is 0.208. The average molecular weight is 266 g/mol. The van der Waals surface area contributed by atoms with Crippen molar-refractivity contribution in [3.8, 4) is 0 Å². The molecule has 0 bridgehead atoms. The van der Waals surface area contributed by atoms with Gasteiger partial charge in [-0.2, -0.15) is 0 Å². The Morgan fingerprint density at radius 3 is 3.00 bits per heavy atom. The molecule has 0 saturated carbocycles. The van der Waals surface area contributed by atoms with Gasteiger partial charge in [-0.15, -0.1) is 0 Å². The molecule has 1 aliphatic rings. The van der Waals surface area contributed by atoms with E-state index in [-0.39, 0.29) is 18.5 Å². The van der Waals surface area contributed by atoms with Crippen molar-refractivity contribution in [3.05, 3.63) is 29.6 Å². The van der Waals surface area contributed by atoms with E-state index in [0.717, 1.165) is 37.2 Å². The molecule has 19 heavy (non-hydrogen) atoms. The summed E-state index contributed by atoms with van der Waals surface area (Å²) >= 11 is 0. The largest absolute Gasteiger partial charge is 0.396 e. The quantitative estimate of drug-likeness (QED) is 0.878. The van der Waals surface area contributed by atoms with Crippen LogP contribution in [0.5, 0.6) is 0 Å². The number of anilines is 1. The van der Waals surface area contributed by atoms with Gasteiger partial charge in [-0.25, -0.2) is 4.39 Å². The van der Waals surface area contributed by atoms with Crippen LogP contribution < -0.4 is 10.2 Å². The molecule has 2 unspecified atom stereocenters. The van der Waals surface area contributed by atoms with Gasteiger partial charge in [-0.05, 0) is 56.5 Å². The van der Waals surface area contributed by atoms with E-state index >= 15 is 0 Å². The lowest BCUT2D eigenvalue weighted by Crippen LogP contribution is -2.37. The highest BCUT2D eigenvalue weighted by molar-refractivity contribution is 5.55. The molecule has 1 aliphatic heterocycles. The monoisotopic (exact) mass is 266 g/mol. The highest BCUT2D eigenvalue weighted by Gasteiger charge is 2.22. The normalized spacial score (nSPS) is 21.5. The minimum atomic E-state index is -0.198. The summed E-state index contributed by atoms with van der Waals surface area (Å²) in [5, 5.41) is 12.5. The zero-order valence-corrected chi connectivity index (χ0v) is 11.7. The fourth-order valence-corrected chi connectivity index (χ4v) is 2.75. The second kappa shape index (κ2) is 6.35. The zero-order chi connectivity index (χ0) is 13.8. The predicted octanol–water partition coefficient (Wildman–Crippen LogP) is 2.31. The molecule has 2 N–H and O–H groups in total.